The number of carbonyl (C=O) groups excluding carboxylic acids is 1. The Morgan fingerprint density at radius 1 is 1.50 bits per heavy atom. The first-order chi connectivity index (χ1) is 8.72. The van der Waals surface area contributed by atoms with Gasteiger partial charge in [0.1, 0.15) is 0 Å². The van der Waals surface area contributed by atoms with Crippen LogP contribution >= 0.6 is 0 Å². The average molecular weight is 256 g/mol. The monoisotopic (exact) mass is 256 g/mol. The number of aliphatic hydroxyl groups excluding tert-OH is 1. The van der Waals surface area contributed by atoms with Crippen LogP contribution in [0.3, 0.4) is 0 Å². The van der Waals surface area contributed by atoms with E-state index in [0.717, 1.165) is 51.7 Å². The highest BCUT2D eigenvalue weighted by atomic mass is 16.3. The highest BCUT2D eigenvalue weighted by Gasteiger charge is 2.28. The maximum atomic E-state index is 12.3. The van der Waals surface area contributed by atoms with Gasteiger partial charge in [0.25, 0.3) is 0 Å². The van der Waals surface area contributed by atoms with Crippen LogP contribution in [-0.2, 0) is 4.79 Å². The van der Waals surface area contributed by atoms with Crippen LogP contribution in [0.2, 0.25) is 0 Å². The van der Waals surface area contributed by atoms with Crippen molar-refractivity contribution in [3.05, 3.63) is 0 Å². The highest BCUT2D eigenvalue weighted by Crippen LogP contribution is 2.16. The second-order valence-electron chi connectivity index (χ2n) is 5.22. The summed E-state index contributed by atoms with van der Waals surface area (Å²) in [6.07, 6.45) is 4.94. The van der Waals surface area contributed by atoms with E-state index in [1.807, 2.05) is 4.90 Å². The third-order valence-electron chi connectivity index (χ3n) is 3.76. The van der Waals surface area contributed by atoms with Crippen LogP contribution in [0.15, 0.2) is 0 Å². The molecule has 1 aliphatic heterocycles. The zero-order valence-electron chi connectivity index (χ0n) is 11.8. The molecule has 1 heterocycles. The molecular formula is C14H28N2O2. The molecule has 2 N–H and O–H groups in total. The van der Waals surface area contributed by atoms with Crippen molar-refractivity contribution in [2.75, 3.05) is 26.2 Å². The van der Waals surface area contributed by atoms with Gasteiger partial charge in [-0.05, 0) is 38.1 Å². The predicted molar refractivity (Wildman–Crippen MR) is 73.4 cm³/mol. The first-order valence-corrected chi connectivity index (χ1v) is 7.35. The molecule has 0 spiro atoms. The van der Waals surface area contributed by atoms with E-state index in [0.29, 0.717) is 5.92 Å². The van der Waals surface area contributed by atoms with Gasteiger partial charge in [-0.1, -0.05) is 20.3 Å². The summed E-state index contributed by atoms with van der Waals surface area (Å²) >= 11 is 0. The van der Waals surface area contributed by atoms with Gasteiger partial charge in [0.15, 0.2) is 0 Å². The number of hydrogen-bond acceptors (Lipinski definition) is 3. The van der Waals surface area contributed by atoms with Crippen molar-refractivity contribution >= 4 is 5.91 Å². The third kappa shape index (κ3) is 4.58. The fourth-order valence-corrected chi connectivity index (χ4v) is 2.55. The molecule has 0 bridgehead atoms. The van der Waals surface area contributed by atoms with Crippen molar-refractivity contribution in [2.24, 2.45) is 5.92 Å². The van der Waals surface area contributed by atoms with Crippen molar-refractivity contribution in [3.8, 4) is 0 Å². The molecule has 1 rings (SSSR count). The van der Waals surface area contributed by atoms with Crippen LogP contribution in [0.1, 0.15) is 46.0 Å². The minimum Gasteiger partial charge on any atom is -0.396 e. The summed E-state index contributed by atoms with van der Waals surface area (Å²) in [5.74, 6) is 0.690. The number of rotatable bonds is 8. The summed E-state index contributed by atoms with van der Waals surface area (Å²) in [5.41, 5.74) is 0. The SMILES string of the molecule is CCCNC1CCCN(CC(CC)CCO)C1=O. The second kappa shape index (κ2) is 8.48. The predicted octanol–water partition coefficient (Wildman–Crippen LogP) is 1.39. The van der Waals surface area contributed by atoms with E-state index in [-0.39, 0.29) is 18.6 Å². The molecule has 2 unspecified atom stereocenters. The smallest absolute Gasteiger partial charge is 0.239 e. The Balaban J connectivity index is 2.46. The highest BCUT2D eigenvalue weighted by molar-refractivity contribution is 5.82. The molecule has 0 aromatic carbocycles. The largest absolute Gasteiger partial charge is 0.396 e. The van der Waals surface area contributed by atoms with Gasteiger partial charge in [-0.15, -0.1) is 0 Å². The van der Waals surface area contributed by atoms with Gasteiger partial charge in [-0.3, -0.25) is 4.79 Å². The Hall–Kier alpha value is -0.610. The molecule has 2 atom stereocenters. The van der Waals surface area contributed by atoms with E-state index in [9.17, 15) is 4.79 Å². The minimum atomic E-state index is 0.0188. The molecule has 0 aliphatic carbocycles. The Morgan fingerprint density at radius 3 is 2.89 bits per heavy atom. The first kappa shape index (κ1) is 15.4. The lowest BCUT2D eigenvalue weighted by Crippen LogP contribution is -2.52. The van der Waals surface area contributed by atoms with E-state index < -0.39 is 0 Å². The second-order valence-corrected chi connectivity index (χ2v) is 5.22. The number of nitrogens with one attached hydrogen (secondary N) is 1. The van der Waals surface area contributed by atoms with Crippen molar-refractivity contribution in [1.82, 2.24) is 10.2 Å². The summed E-state index contributed by atoms with van der Waals surface area (Å²) in [5, 5.41) is 12.3. The molecule has 0 radical (unpaired) electrons. The maximum Gasteiger partial charge on any atom is 0.239 e. The number of likely N-dealkylation sites (tertiary alicyclic amines) is 1. The molecule has 0 saturated carbocycles. The van der Waals surface area contributed by atoms with Crippen molar-refractivity contribution in [2.45, 2.75) is 52.0 Å². The fraction of sp³-hybridized carbons (Fsp3) is 0.929. The van der Waals surface area contributed by atoms with Crippen LogP contribution in [0.25, 0.3) is 0 Å². The molecule has 0 aromatic heterocycles. The third-order valence-corrected chi connectivity index (χ3v) is 3.76. The normalized spacial score (nSPS) is 22.3. The van der Waals surface area contributed by atoms with Crippen molar-refractivity contribution < 1.29 is 9.90 Å². The zero-order valence-corrected chi connectivity index (χ0v) is 11.8. The molecule has 4 nitrogen and oxygen atoms in total. The number of hydrogen-bond donors (Lipinski definition) is 2. The van der Waals surface area contributed by atoms with Crippen LogP contribution < -0.4 is 5.32 Å². The molecule has 106 valence electrons. The number of carbonyl (C=O) groups is 1. The van der Waals surface area contributed by atoms with E-state index in [1.54, 1.807) is 0 Å². The zero-order chi connectivity index (χ0) is 13.4. The molecule has 18 heavy (non-hydrogen) atoms. The molecule has 1 saturated heterocycles. The Kier molecular flexibility index (Phi) is 7.28. The van der Waals surface area contributed by atoms with Crippen LogP contribution in [-0.4, -0.2) is 48.2 Å². The van der Waals surface area contributed by atoms with Gasteiger partial charge in [-0.25, -0.2) is 0 Å². The van der Waals surface area contributed by atoms with Gasteiger partial charge >= 0.3 is 0 Å². The first-order valence-electron chi connectivity index (χ1n) is 7.35. The summed E-state index contributed by atoms with van der Waals surface area (Å²) in [6, 6.07) is 0.0188. The minimum absolute atomic E-state index is 0.0188. The molecule has 4 heteroatoms. The number of piperidine rings is 1. The van der Waals surface area contributed by atoms with Crippen LogP contribution in [0.4, 0.5) is 0 Å². The fourth-order valence-electron chi connectivity index (χ4n) is 2.55. The summed E-state index contributed by atoms with van der Waals surface area (Å²) in [7, 11) is 0. The van der Waals surface area contributed by atoms with Gasteiger partial charge in [0.2, 0.25) is 5.91 Å². The lowest BCUT2D eigenvalue weighted by Gasteiger charge is -2.35. The standard InChI is InChI=1S/C14H28N2O2/c1-3-8-15-13-6-5-9-16(14(13)18)11-12(4-2)7-10-17/h12-13,15,17H,3-11H2,1-2H3. The quantitative estimate of drug-likeness (QED) is 0.690. The topological polar surface area (TPSA) is 52.6 Å². The number of aliphatic hydroxyl groups is 1. The van der Waals surface area contributed by atoms with E-state index in [4.69, 9.17) is 5.11 Å². The Morgan fingerprint density at radius 2 is 2.28 bits per heavy atom. The Labute approximate surface area is 111 Å². The molecule has 1 amide bonds. The molecule has 0 aromatic rings. The molecular weight excluding hydrogens is 228 g/mol. The Bertz CT molecular complexity index is 246. The summed E-state index contributed by atoms with van der Waals surface area (Å²) < 4.78 is 0. The number of amides is 1. The van der Waals surface area contributed by atoms with E-state index in [2.05, 4.69) is 19.2 Å². The van der Waals surface area contributed by atoms with Gasteiger partial charge in [0, 0.05) is 19.7 Å². The molecule has 1 fully saturated rings. The van der Waals surface area contributed by atoms with Crippen LogP contribution in [0, 0.1) is 5.92 Å². The summed E-state index contributed by atoms with van der Waals surface area (Å²) in [6.45, 7) is 7.06. The van der Waals surface area contributed by atoms with Gasteiger partial charge in [0.05, 0.1) is 6.04 Å². The molecule has 1 aliphatic rings. The summed E-state index contributed by atoms with van der Waals surface area (Å²) in [4.78, 5) is 14.3. The van der Waals surface area contributed by atoms with Gasteiger partial charge in [-0.2, -0.15) is 0 Å². The van der Waals surface area contributed by atoms with Crippen molar-refractivity contribution in [1.29, 1.82) is 0 Å². The average Bonchev–Trinajstić information content (AvgIpc) is 2.39. The lowest BCUT2D eigenvalue weighted by molar-refractivity contribution is -0.136. The number of nitrogens with zero attached hydrogens (tertiary/aromatic N) is 1. The maximum absolute atomic E-state index is 12.3. The van der Waals surface area contributed by atoms with E-state index in [1.165, 1.54) is 0 Å². The van der Waals surface area contributed by atoms with E-state index >= 15 is 0 Å². The lowest BCUT2D eigenvalue weighted by atomic mass is 9.98. The van der Waals surface area contributed by atoms with Gasteiger partial charge < -0.3 is 15.3 Å². The van der Waals surface area contributed by atoms with Crippen molar-refractivity contribution in [3.63, 3.8) is 0 Å². The van der Waals surface area contributed by atoms with Crippen LogP contribution in [0.5, 0.6) is 0 Å².